The molecular formula is C14H18ClNO4. The maximum atomic E-state index is 12.0. The van der Waals surface area contributed by atoms with Crippen molar-refractivity contribution < 1.29 is 19.1 Å². The third-order valence-electron chi connectivity index (χ3n) is 2.92. The van der Waals surface area contributed by atoms with E-state index < -0.39 is 12.3 Å². The second kappa shape index (κ2) is 6.92. The molecule has 1 aliphatic heterocycles. The van der Waals surface area contributed by atoms with E-state index in [2.05, 4.69) is 0 Å². The van der Waals surface area contributed by atoms with Crippen molar-refractivity contribution in [3.05, 3.63) is 29.3 Å². The van der Waals surface area contributed by atoms with Crippen molar-refractivity contribution in [2.24, 2.45) is 0 Å². The van der Waals surface area contributed by atoms with Crippen molar-refractivity contribution in [1.29, 1.82) is 0 Å². The molecule has 0 radical (unpaired) electrons. The molecule has 0 N–H and O–H groups in total. The minimum absolute atomic E-state index is 0.315. The molecule has 0 spiro atoms. The molecule has 1 fully saturated rings. The fraction of sp³-hybridized carbons (Fsp3) is 0.500. The average Bonchev–Trinajstić information content (AvgIpc) is 2.84. The molecule has 0 saturated carbocycles. The summed E-state index contributed by atoms with van der Waals surface area (Å²) in [4.78, 5) is 17.7. The van der Waals surface area contributed by atoms with Gasteiger partial charge in [-0.15, -0.1) is 0 Å². The van der Waals surface area contributed by atoms with Crippen molar-refractivity contribution in [3.63, 3.8) is 0 Å². The van der Waals surface area contributed by atoms with Crippen molar-refractivity contribution in [1.82, 2.24) is 0 Å². The number of nitrogens with zero attached hydrogens (tertiary/aromatic N) is 1. The highest BCUT2D eigenvalue weighted by atomic mass is 35.5. The number of hydrogen-bond acceptors (Lipinski definition) is 5. The highest BCUT2D eigenvalue weighted by Crippen LogP contribution is 2.30. The molecule has 0 aliphatic carbocycles. The van der Waals surface area contributed by atoms with E-state index >= 15 is 0 Å². The van der Waals surface area contributed by atoms with Crippen LogP contribution in [0.5, 0.6) is 0 Å². The van der Waals surface area contributed by atoms with E-state index in [-0.39, 0.29) is 5.97 Å². The first-order valence-electron chi connectivity index (χ1n) is 6.65. The fourth-order valence-electron chi connectivity index (χ4n) is 2.06. The molecular weight excluding hydrogens is 282 g/mol. The first-order chi connectivity index (χ1) is 9.65. The Morgan fingerprint density at radius 1 is 1.35 bits per heavy atom. The maximum Gasteiger partial charge on any atom is 0.331 e. The van der Waals surface area contributed by atoms with E-state index in [0.29, 0.717) is 24.7 Å². The van der Waals surface area contributed by atoms with E-state index in [9.17, 15) is 4.79 Å². The standard InChI is InChI=1S/C14H18ClNO4/c1-3-18-13-9-12(14(17)19-4-2)16(20-13)11-7-5-10(15)6-8-11/h5-8,12-13H,3-4,9H2,1-2H3/t12-,13+/m1/s1. The molecule has 1 aromatic carbocycles. The summed E-state index contributed by atoms with van der Waals surface area (Å²) >= 11 is 5.87. The molecule has 20 heavy (non-hydrogen) atoms. The topological polar surface area (TPSA) is 48.0 Å². The Labute approximate surface area is 123 Å². The SMILES string of the molecule is CCOC(=O)[C@H]1C[C@@H](OCC)ON1c1ccc(Cl)cc1. The van der Waals surface area contributed by atoms with Crippen LogP contribution in [0.1, 0.15) is 20.3 Å². The van der Waals surface area contributed by atoms with Gasteiger partial charge in [0.05, 0.1) is 12.3 Å². The van der Waals surface area contributed by atoms with Crippen LogP contribution in [0.25, 0.3) is 0 Å². The maximum absolute atomic E-state index is 12.0. The zero-order chi connectivity index (χ0) is 14.5. The molecule has 0 unspecified atom stereocenters. The largest absolute Gasteiger partial charge is 0.464 e. The van der Waals surface area contributed by atoms with Gasteiger partial charge in [0.1, 0.15) is 0 Å². The molecule has 2 atom stereocenters. The van der Waals surface area contributed by atoms with Gasteiger partial charge < -0.3 is 9.47 Å². The lowest BCUT2D eigenvalue weighted by Crippen LogP contribution is -2.36. The number of carbonyl (C=O) groups is 1. The zero-order valence-corrected chi connectivity index (χ0v) is 12.3. The summed E-state index contributed by atoms with van der Waals surface area (Å²) in [5.74, 6) is -0.315. The molecule has 0 amide bonds. The summed E-state index contributed by atoms with van der Waals surface area (Å²) in [7, 11) is 0. The first kappa shape index (κ1) is 15.1. The molecule has 6 heteroatoms. The number of ether oxygens (including phenoxy) is 2. The van der Waals surface area contributed by atoms with Gasteiger partial charge in [-0.05, 0) is 38.1 Å². The Kier molecular flexibility index (Phi) is 5.23. The lowest BCUT2D eigenvalue weighted by atomic mass is 10.2. The van der Waals surface area contributed by atoms with Crippen LogP contribution in [0.15, 0.2) is 24.3 Å². The quantitative estimate of drug-likeness (QED) is 0.783. The van der Waals surface area contributed by atoms with Gasteiger partial charge >= 0.3 is 5.97 Å². The molecule has 0 bridgehead atoms. The Bertz CT molecular complexity index is 451. The van der Waals surface area contributed by atoms with Crippen molar-refractivity contribution in [2.75, 3.05) is 18.3 Å². The Morgan fingerprint density at radius 3 is 2.65 bits per heavy atom. The second-order valence-corrected chi connectivity index (χ2v) is 4.73. The molecule has 1 aromatic rings. The van der Waals surface area contributed by atoms with Crippen LogP contribution in [0.4, 0.5) is 5.69 Å². The van der Waals surface area contributed by atoms with Crippen LogP contribution < -0.4 is 5.06 Å². The van der Waals surface area contributed by atoms with Crippen LogP contribution in [-0.4, -0.2) is 31.5 Å². The number of benzene rings is 1. The van der Waals surface area contributed by atoms with Gasteiger partial charge in [0.2, 0.25) is 0 Å². The van der Waals surface area contributed by atoms with Gasteiger partial charge in [0.15, 0.2) is 12.3 Å². The van der Waals surface area contributed by atoms with E-state index in [1.165, 1.54) is 5.06 Å². The summed E-state index contributed by atoms with van der Waals surface area (Å²) < 4.78 is 10.5. The van der Waals surface area contributed by atoms with Gasteiger partial charge in [0.25, 0.3) is 0 Å². The highest BCUT2D eigenvalue weighted by molar-refractivity contribution is 6.30. The lowest BCUT2D eigenvalue weighted by molar-refractivity contribution is -0.145. The van der Waals surface area contributed by atoms with Crippen LogP contribution in [0.2, 0.25) is 5.02 Å². The highest BCUT2D eigenvalue weighted by Gasteiger charge is 2.40. The normalized spacial score (nSPS) is 22.1. The first-order valence-corrected chi connectivity index (χ1v) is 7.03. The monoisotopic (exact) mass is 299 g/mol. The molecule has 1 heterocycles. The number of carbonyl (C=O) groups excluding carboxylic acids is 1. The molecule has 5 nitrogen and oxygen atoms in total. The minimum Gasteiger partial charge on any atom is -0.464 e. The summed E-state index contributed by atoms with van der Waals surface area (Å²) in [6, 6.07) is 6.58. The number of halogens is 1. The third-order valence-corrected chi connectivity index (χ3v) is 3.17. The third kappa shape index (κ3) is 3.42. The van der Waals surface area contributed by atoms with Crippen LogP contribution >= 0.6 is 11.6 Å². The average molecular weight is 300 g/mol. The Hall–Kier alpha value is -1.30. The van der Waals surface area contributed by atoms with Crippen molar-refractivity contribution in [3.8, 4) is 0 Å². The van der Waals surface area contributed by atoms with E-state index in [1.807, 2.05) is 6.92 Å². The smallest absolute Gasteiger partial charge is 0.331 e. The summed E-state index contributed by atoms with van der Waals surface area (Å²) in [6.45, 7) is 4.52. The lowest BCUT2D eigenvalue weighted by Gasteiger charge is -2.23. The fourth-order valence-corrected chi connectivity index (χ4v) is 2.19. The van der Waals surface area contributed by atoms with Gasteiger partial charge in [-0.25, -0.2) is 14.7 Å². The Morgan fingerprint density at radius 2 is 2.05 bits per heavy atom. The molecule has 110 valence electrons. The van der Waals surface area contributed by atoms with Crippen LogP contribution in [0, 0.1) is 0 Å². The predicted octanol–water partition coefficient (Wildman–Crippen LogP) is 2.78. The molecule has 0 aromatic heterocycles. The Balaban J connectivity index is 2.17. The molecule has 1 aliphatic rings. The second-order valence-electron chi connectivity index (χ2n) is 4.30. The zero-order valence-electron chi connectivity index (χ0n) is 11.5. The summed E-state index contributed by atoms with van der Waals surface area (Å²) in [5, 5.41) is 2.16. The van der Waals surface area contributed by atoms with Gasteiger partial charge in [-0.2, -0.15) is 0 Å². The predicted molar refractivity (Wildman–Crippen MR) is 75.5 cm³/mol. The van der Waals surface area contributed by atoms with E-state index in [0.717, 1.165) is 5.69 Å². The number of hydroxylamine groups is 1. The van der Waals surface area contributed by atoms with E-state index in [1.54, 1.807) is 31.2 Å². The molecule has 2 rings (SSSR count). The number of esters is 1. The van der Waals surface area contributed by atoms with Gasteiger partial charge in [-0.3, -0.25) is 0 Å². The molecule has 1 saturated heterocycles. The van der Waals surface area contributed by atoms with Gasteiger partial charge in [-0.1, -0.05) is 11.6 Å². The summed E-state index contributed by atoms with van der Waals surface area (Å²) in [5.41, 5.74) is 0.745. The van der Waals surface area contributed by atoms with Gasteiger partial charge in [0, 0.05) is 18.1 Å². The summed E-state index contributed by atoms with van der Waals surface area (Å²) in [6.07, 6.45) is 0.0000446. The van der Waals surface area contributed by atoms with Crippen LogP contribution in [0.3, 0.4) is 0 Å². The number of rotatable bonds is 5. The minimum atomic E-state index is -0.507. The number of hydrogen-bond donors (Lipinski definition) is 0. The van der Waals surface area contributed by atoms with E-state index in [4.69, 9.17) is 25.9 Å². The van der Waals surface area contributed by atoms with Crippen molar-refractivity contribution >= 4 is 23.3 Å². The number of anilines is 1. The van der Waals surface area contributed by atoms with Crippen LogP contribution in [-0.2, 0) is 19.1 Å². The van der Waals surface area contributed by atoms with Crippen molar-refractivity contribution in [2.45, 2.75) is 32.6 Å².